The molecule has 0 fully saturated rings. The molecule has 3 N–H and O–H groups in total. The minimum atomic E-state index is -3.67. The predicted octanol–water partition coefficient (Wildman–Crippen LogP) is 0.329. The Morgan fingerprint density at radius 1 is 1.38 bits per heavy atom. The van der Waals surface area contributed by atoms with Crippen molar-refractivity contribution >= 4 is 10.1 Å². The van der Waals surface area contributed by atoms with Gasteiger partial charge in [-0.05, 0) is 13.0 Å². The molecule has 134 valence electrons. The first kappa shape index (κ1) is 20.1. The van der Waals surface area contributed by atoms with Crippen molar-refractivity contribution in [2.24, 2.45) is 0 Å². The fourth-order valence-electron chi connectivity index (χ4n) is 1.84. The smallest absolute Gasteiger partial charge is 0.261 e. The van der Waals surface area contributed by atoms with Crippen LogP contribution in [0.25, 0.3) is 0 Å². The topological polar surface area (TPSA) is 126 Å². The molecule has 0 bridgehead atoms. The van der Waals surface area contributed by atoms with Gasteiger partial charge in [-0.1, -0.05) is 6.07 Å². The van der Waals surface area contributed by atoms with Gasteiger partial charge in [0.25, 0.3) is 10.1 Å². The molecule has 11 heteroatoms. The van der Waals surface area contributed by atoms with Crippen LogP contribution in [0.4, 0.5) is 8.78 Å². The monoisotopic (exact) mass is 365 g/mol. The number of nitrogens with zero attached hydrogens (tertiary/aromatic N) is 3. The van der Waals surface area contributed by atoms with E-state index in [1.165, 1.54) is 24.3 Å². The Hall–Kier alpha value is -1.95. The zero-order valence-corrected chi connectivity index (χ0v) is 13.7. The fraction of sp³-hybridized carbons (Fsp3) is 0.385. The Labute approximate surface area is 137 Å². The summed E-state index contributed by atoms with van der Waals surface area (Å²) in [6.45, 7) is 1.12. The van der Waals surface area contributed by atoms with Gasteiger partial charge in [0.05, 0.1) is 18.9 Å². The lowest BCUT2D eigenvalue weighted by Gasteiger charge is -2.31. The number of aliphatic hydroxyl groups excluding tert-OH is 1. The predicted molar refractivity (Wildman–Crippen MR) is 79.4 cm³/mol. The Morgan fingerprint density at radius 2 is 1.96 bits per heavy atom. The molecule has 1 aromatic heterocycles. The first-order valence-electron chi connectivity index (χ1n) is 6.54. The van der Waals surface area contributed by atoms with Crippen LogP contribution in [0.2, 0.25) is 0 Å². The quantitative estimate of drug-likeness (QED) is 0.667. The molecule has 2 rings (SSSR count). The molecule has 1 heterocycles. The lowest BCUT2D eigenvalue weighted by atomic mass is 9.88. The number of halogens is 2. The van der Waals surface area contributed by atoms with E-state index in [4.69, 9.17) is 4.55 Å². The molecule has 8 nitrogen and oxygen atoms in total. The van der Waals surface area contributed by atoms with Gasteiger partial charge in [0.1, 0.15) is 29.9 Å². The summed E-state index contributed by atoms with van der Waals surface area (Å²) in [5.74, 6) is -1.68. The fourth-order valence-corrected chi connectivity index (χ4v) is 1.84. The number of aromatic nitrogens is 3. The van der Waals surface area contributed by atoms with Crippen molar-refractivity contribution in [3.63, 3.8) is 0 Å². The highest BCUT2D eigenvalue weighted by atomic mass is 32.2. The third kappa shape index (κ3) is 5.92. The van der Waals surface area contributed by atoms with Crippen LogP contribution in [0.5, 0.6) is 0 Å². The number of hydrogen-bond donors (Lipinski definition) is 3. The summed E-state index contributed by atoms with van der Waals surface area (Å²) in [6, 6.07) is 2.78. The highest BCUT2D eigenvalue weighted by Crippen LogP contribution is 2.29. The van der Waals surface area contributed by atoms with E-state index in [1.54, 1.807) is 0 Å². The van der Waals surface area contributed by atoms with E-state index in [-0.39, 0.29) is 12.1 Å². The van der Waals surface area contributed by atoms with Crippen molar-refractivity contribution in [2.75, 3.05) is 6.26 Å². The van der Waals surface area contributed by atoms with Gasteiger partial charge >= 0.3 is 0 Å². The van der Waals surface area contributed by atoms with Gasteiger partial charge in [-0.25, -0.2) is 18.4 Å². The summed E-state index contributed by atoms with van der Waals surface area (Å²) >= 11 is 0. The molecule has 0 spiro atoms. The van der Waals surface area contributed by atoms with Crippen molar-refractivity contribution < 1.29 is 32.0 Å². The van der Waals surface area contributed by atoms with E-state index in [1.807, 2.05) is 0 Å². The summed E-state index contributed by atoms with van der Waals surface area (Å²) in [5.41, 5.74) is -2.12. The molecule has 2 atom stereocenters. The van der Waals surface area contributed by atoms with E-state index in [9.17, 15) is 27.4 Å². The van der Waals surface area contributed by atoms with Gasteiger partial charge < -0.3 is 10.2 Å². The highest BCUT2D eigenvalue weighted by Gasteiger charge is 2.38. The number of hydrogen-bond acceptors (Lipinski definition) is 6. The van der Waals surface area contributed by atoms with Gasteiger partial charge in [0.2, 0.25) is 0 Å². The summed E-state index contributed by atoms with van der Waals surface area (Å²) in [5, 5.41) is 24.0. The number of rotatable bonds is 4. The van der Waals surface area contributed by atoms with Crippen LogP contribution < -0.4 is 0 Å². The molecule has 0 aliphatic heterocycles. The van der Waals surface area contributed by atoms with Crippen LogP contribution in [-0.4, -0.2) is 50.3 Å². The first-order valence-corrected chi connectivity index (χ1v) is 8.39. The van der Waals surface area contributed by atoms with Crippen LogP contribution in [-0.2, 0) is 22.3 Å². The molecule has 0 saturated heterocycles. The molecular weight excluding hydrogens is 348 g/mol. The molecule has 0 radical (unpaired) electrons. The van der Waals surface area contributed by atoms with Crippen molar-refractivity contribution in [3.8, 4) is 0 Å². The number of aliphatic hydroxyl groups is 2. The first-order chi connectivity index (χ1) is 10.9. The average Bonchev–Trinajstić information content (AvgIpc) is 2.88. The van der Waals surface area contributed by atoms with Gasteiger partial charge in [-0.2, -0.15) is 13.5 Å². The van der Waals surface area contributed by atoms with Crippen LogP contribution in [0.3, 0.4) is 0 Å². The van der Waals surface area contributed by atoms with E-state index >= 15 is 0 Å². The highest BCUT2D eigenvalue weighted by molar-refractivity contribution is 7.85. The van der Waals surface area contributed by atoms with Crippen LogP contribution in [0.15, 0.2) is 30.9 Å². The van der Waals surface area contributed by atoms with E-state index in [0.717, 1.165) is 12.1 Å². The van der Waals surface area contributed by atoms with Gasteiger partial charge in [0, 0.05) is 11.6 Å². The lowest BCUT2D eigenvalue weighted by Crippen LogP contribution is -2.42. The molecule has 0 amide bonds. The SMILES string of the molecule is CS(=O)(=O)O.C[C@@H](O)[C@](O)(Cn1cncn1)c1ccc(F)cc1F. The summed E-state index contributed by atoms with van der Waals surface area (Å²) in [4.78, 5) is 3.70. The Morgan fingerprint density at radius 3 is 2.38 bits per heavy atom. The van der Waals surface area contributed by atoms with E-state index in [0.29, 0.717) is 12.3 Å². The van der Waals surface area contributed by atoms with Gasteiger partial charge in [-0.15, -0.1) is 0 Å². The minimum Gasteiger partial charge on any atom is -0.390 e. The second kappa shape index (κ2) is 7.75. The second-order valence-corrected chi connectivity index (χ2v) is 6.52. The Bertz CT molecular complexity index is 760. The van der Waals surface area contributed by atoms with Crippen LogP contribution in [0.1, 0.15) is 12.5 Å². The zero-order chi connectivity index (χ0) is 18.5. The summed E-state index contributed by atoms with van der Waals surface area (Å²) in [7, 11) is -3.67. The molecular formula is C13H17F2N3O5S. The molecule has 0 aliphatic rings. The second-order valence-electron chi connectivity index (χ2n) is 5.05. The van der Waals surface area contributed by atoms with E-state index in [2.05, 4.69) is 10.1 Å². The largest absolute Gasteiger partial charge is 0.390 e. The molecule has 24 heavy (non-hydrogen) atoms. The summed E-state index contributed by atoms with van der Waals surface area (Å²) < 4.78 is 53.8. The maximum absolute atomic E-state index is 13.8. The van der Waals surface area contributed by atoms with Gasteiger partial charge in [0.15, 0.2) is 0 Å². The molecule has 2 aromatic rings. The lowest BCUT2D eigenvalue weighted by molar-refractivity contribution is -0.0874. The average molecular weight is 365 g/mol. The van der Waals surface area contributed by atoms with Crippen LogP contribution >= 0.6 is 0 Å². The van der Waals surface area contributed by atoms with Gasteiger partial charge in [-0.3, -0.25) is 4.55 Å². The normalized spacial score (nSPS) is 15.1. The maximum atomic E-state index is 13.8. The third-order valence-corrected chi connectivity index (χ3v) is 2.96. The molecule has 0 unspecified atom stereocenters. The zero-order valence-electron chi connectivity index (χ0n) is 12.8. The number of benzene rings is 1. The van der Waals surface area contributed by atoms with Crippen molar-refractivity contribution in [3.05, 3.63) is 48.1 Å². The maximum Gasteiger partial charge on any atom is 0.261 e. The van der Waals surface area contributed by atoms with Crippen molar-refractivity contribution in [1.29, 1.82) is 0 Å². The van der Waals surface area contributed by atoms with E-state index < -0.39 is 33.5 Å². The molecule has 0 aliphatic carbocycles. The molecule has 0 saturated carbocycles. The third-order valence-electron chi connectivity index (χ3n) is 2.96. The van der Waals surface area contributed by atoms with Crippen molar-refractivity contribution in [2.45, 2.75) is 25.2 Å². The van der Waals surface area contributed by atoms with Crippen molar-refractivity contribution in [1.82, 2.24) is 14.8 Å². The van der Waals surface area contributed by atoms with Crippen LogP contribution in [0, 0.1) is 11.6 Å². The molecule has 1 aromatic carbocycles. The Kier molecular flexibility index (Phi) is 6.49. The minimum absolute atomic E-state index is 0.195. The summed E-state index contributed by atoms with van der Waals surface area (Å²) in [6.07, 6.45) is 2.02. The standard InChI is InChI=1S/C12H13F2N3O2.CH4O3S/c1-8(18)12(19,5-17-7-15-6-16-17)10-3-2-9(13)4-11(10)14;1-5(2,3)4/h2-4,6-8,18-19H,5H2,1H3;1H3,(H,2,3,4)/t8-,12-;/m1./s1. The Balaban J connectivity index is 0.000000505.